The van der Waals surface area contributed by atoms with Gasteiger partial charge in [-0.15, -0.1) is 0 Å². The van der Waals surface area contributed by atoms with Crippen molar-refractivity contribution in [3.05, 3.63) is 0 Å². The number of aliphatic hydroxyl groups is 3. The molecular weight excluding hydrogens is 931 g/mol. The zero-order valence-corrected chi connectivity index (χ0v) is 46.5. The second-order valence-electron chi connectivity index (χ2n) is 22.9. The fraction of sp³-hybridized carbons (Fsp3) is 0.943. The highest BCUT2D eigenvalue weighted by atomic mass is 16.7. The van der Waals surface area contributed by atoms with Crippen molar-refractivity contribution >= 4 is 17.8 Å². The molecule has 0 aliphatic carbocycles. The van der Waals surface area contributed by atoms with Crippen molar-refractivity contribution in [2.45, 2.75) is 217 Å². The van der Waals surface area contributed by atoms with Gasteiger partial charge in [-0.1, -0.05) is 20.8 Å². The summed E-state index contributed by atoms with van der Waals surface area (Å²) in [5.41, 5.74) is -4.35. The Balaban J connectivity index is 1.39. The summed E-state index contributed by atoms with van der Waals surface area (Å²) in [5.74, 6) is -4.05. The minimum atomic E-state index is -1.97. The Bertz CT molecular complexity index is 1710. The van der Waals surface area contributed by atoms with Crippen LogP contribution in [0, 0.1) is 17.8 Å². The molecule has 72 heavy (non-hydrogen) atoms. The molecule has 19 heteroatoms. The lowest BCUT2D eigenvalue weighted by molar-refractivity contribution is -0.320. The van der Waals surface area contributed by atoms with Crippen LogP contribution in [-0.4, -0.2) is 230 Å². The summed E-state index contributed by atoms with van der Waals surface area (Å²) in [6, 6.07) is -1.25. The van der Waals surface area contributed by atoms with E-state index in [0.29, 0.717) is 13.0 Å². The number of hydrogen-bond donors (Lipinski definition) is 4. The van der Waals surface area contributed by atoms with Crippen molar-refractivity contribution in [3.63, 3.8) is 0 Å². The van der Waals surface area contributed by atoms with E-state index in [1.807, 2.05) is 46.7 Å². The summed E-state index contributed by atoms with van der Waals surface area (Å²) < 4.78 is 51.8. The predicted molar refractivity (Wildman–Crippen MR) is 271 cm³/mol. The topological polar surface area (TPSA) is 211 Å². The van der Waals surface area contributed by atoms with Gasteiger partial charge in [0.1, 0.15) is 29.5 Å². The molecule has 0 aromatic heterocycles. The average molecular weight is 1030 g/mol. The Morgan fingerprint density at radius 3 is 1.99 bits per heavy atom. The van der Waals surface area contributed by atoms with Crippen molar-refractivity contribution in [1.29, 1.82) is 0 Å². The average Bonchev–Trinajstić information content (AvgIpc) is 3.76. The summed E-state index contributed by atoms with van der Waals surface area (Å²) >= 11 is 0. The Kier molecular flexibility index (Phi) is 22.6. The van der Waals surface area contributed by atoms with E-state index in [4.69, 9.17) is 37.9 Å². The maximum atomic E-state index is 14.6. The number of nitrogens with zero attached hydrogens (tertiary/aromatic N) is 4. The van der Waals surface area contributed by atoms with Crippen molar-refractivity contribution in [2.75, 3.05) is 87.2 Å². The number of hydrogen-bond acceptors (Lipinski definition) is 18. The molecule has 0 radical (unpaired) electrons. The van der Waals surface area contributed by atoms with E-state index in [-0.39, 0.29) is 43.8 Å². The highest BCUT2D eigenvalue weighted by Crippen LogP contribution is 2.42. The quantitative estimate of drug-likeness (QED) is 0.164. The van der Waals surface area contributed by atoms with E-state index in [2.05, 4.69) is 20.0 Å². The fourth-order valence-corrected chi connectivity index (χ4v) is 12.1. The Hall–Kier alpha value is -2.11. The molecule has 0 aromatic rings. The molecule has 0 spiro atoms. The summed E-state index contributed by atoms with van der Waals surface area (Å²) in [6.45, 7) is 26.5. The molecule has 5 aliphatic rings. The van der Waals surface area contributed by atoms with Crippen LogP contribution in [0.1, 0.15) is 127 Å². The number of methoxy groups -OCH3 is 2. The molecule has 0 bridgehead atoms. The van der Waals surface area contributed by atoms with Crippen molar-refractivity contribution in [1.82, 2.24) is 24.9 Å². The second-order valence-corrected chi connectivity index (χ2v) is 22.9. The standard InChI is InChI=1S/C53H97N5O14/c1-15-40-53(10,64)45(61)37(6)54-48(62)33(2)31-51(8,65-13)46(72-50-43(60)39(55(11)12)30-34(3)67-50)35(4)44(36(5)49(63)69-40)71-42-32-52(9,66-14)47(38(7)68-42)70-41(59)20-27-58-26-19-25-57(28-29-58)24-18-23-56-21-16-17-22-56/h33-40,42-47,50,60-61,64H,15-32H2,1-14H3,(H,54,62)/t33-,34-,35+,36-,37-,38+,39+,40-,42+,43-,44+,45-,46-,47+,50+,51-,52-,53-/m1/s1. The smallest absolute Gasteiger partial charge is 0.311 e. The van der Waals surface area contributed by atoms with Crippen LogP contribution in [0.3, 0.4) is 0 Å². The van der Waals surface area contributed by atoms with Gasteiger partial charge in [0.15, 0.2) is 18.7 Å². The van der Waals surface area contributed by atoms with Crippen LogP contribution in [0.2, 0.25) is 0 Å². The monoisotopic (exact) mass is 1030 g/mol. The van der Waals surface area contributed by atoms with E-state index in [9.17, 15) is 29.7 Å². The minimum Gasteiger partial charge on any atom is -0.459 e. The third-order valence-corrected chi connectivity index (χ3v) is 16.8. The number of amides is 1. The number of ether oxygens (including phenoxy) is 8. The molecule has 18 atom stereocenters. The van der Waals surface area contributed by atoms with Crippen LogP contribution in [-0.2, 0) is 52.3 Å². The Morgan fingerprint density at radius 1 is 0.806 bits per heavy atom. The summed E-state index contributed by atoms with van der Waals surface area (Å²) in [6.07, 6.45) is -3.90. The van der Waals surface area contributed by atoms with Gasteiger partial charge in [0.25, 0.3) is 0 Å². The third-order valence-electron chi connectivity index (χ3n) is 16.8. The molecule has 5 aliphatic heterocycles. The van der Waals surface area contributed by atoms with Gasteiger partial charge in [0.05, 0.1) is 48.4 Å². The molecule has 418 valence electrons. The molecule has 0 aromatic carbocycles. The van der Waals surface area contributed by atoms with Crippen LogP contribution in [0.5, 0.6) is 0 Å². The number of rotatable bonds is 16. The highest BCUT2D eigenvalue weighted by Gasteiger charge is 2.54. The maximum absolute atomic E-state index is 14.6. The van der Waals surface area contributed by atoms with Gasteiger partial charge in [-0.25, -0.2) is 0 Å². The summed E-state index contributed by atoms with van der Waals surface area (Å²) in [5, 5.41) is 38.0. The number of likely N-dealkylation sites (N-methyl/N-ethyl adjacent to an activating group) is 1. The summed E-state index contributed by atoms with van der Waals surface area (Å²) in [4.78, 5) is 51.7. The number of likely N-dealkylation sites (tertiary alicyclic amines) is 1. The van der Waals surface area contributed by atoms with Gasteiger partial charge in [-0.3, -0.25) is 14.4 Å². The molecule has 5 saturated heterocycles. The van der Waals surface area contributed by atoms with E-state index in [1.165, 1.54) is 46.4 Å². The number of carbonyl (C=O) groups excluding carboxylic acids is 3. The number of aliphatic hydroxyl groups excluding tert-OH is 2. The number of carbonyl (C=O) groups is 3. The van der Waals surface area contributed by atoms with E-state index < -0.39 is 108 Å². The van der Waals surface area contributed by atoms with E-state index in [1.54, 1.807) is 41.7 Å². The molecule has 5 heterocycles. The zero-order chi connectivity index (χ0) is 53.3. The SMILES string of the molecule is CC[C@H]1OC(=O)[C@H](C)[C@@H](O[C@H]2C[C@@](C)(OC)[C@@H](OC(=O)CCN3CCCN(CCCN4CCCC4)CC3)[C@H](C)O2)[C@H](C)[C@@H](O[C@@H]2O[C@H](C)C[C@H](N(C)C)[C@H]2O)[C@](C)(OC)C[C@@H](C)C(=O)N[C@H](C)[C@@H](O)[C@]1(C)O. The van der Waals surface area contributed by atoms with Gasteiger partial charge in [0, 0.05) is 58.2 Å². The van der Waals surface area contributed by atoms with E-state index >= 15 is 0 Å². The van der Waals surface area contributed by atoms with Crippen molar-refractivity contribution < 1.29 is 67.6 Å². The molecule has 4 N–H and O–H groups in total. The first-order valence-electron chi connectivity index (χ1n) is 27.2. The predicted octanol–water partition coefficient (Wildman–Crippen LogP) is 3.17. The summed E-state index contributed by atoms with van der Waals surface area (Å²) in [7, 11) is 6.85. The van der Waals surface area contributed by atoms with E-state index in [0.717, 1.165) is 45.7 Å². The molecule has 0 saturated carbocycles. The number of cyclic esters (lactones) is 1. The van der Waals surface area contributed by atoms with Crippen LogP contribution < -0.4 is 5.32 Å². The molecule has 5 rings (SSSR count). The van der Waals surface area contributed by atoms with Crippen molar-refractivity contribution in [3.8, 4) is 0 Å². The lowest BCUT2D eigenvalue weighted by Gasteiger charge is -2.49. The normalized spacial score (nSPS) is 42.1. The Morgan fingerprint density at radius 2 is 1.39 bits per heavy atom. The van der Waals surface area contributed by atoms with Gasteiger partial charge in [-0.05, 0) is 147 Å². The minimum absolute atomic E-state index is 0.0864. The first kappa shape index (κ1) is 60.8. The van der Waals surface area contributed by atoms with Gasteiger partial charge in [-0.2, -0.15) is 0 Å². The second kappa shape index (κ2) is 26.8. The van der Waals surface area contributed by atoms with Crippen molar-refractivity contribution in [2.24, 2.45) is 17.8 Å². The third kappa shape index (κ3) is 15.3. The number of esters is 2. The lowest BCUT2D eigenvalue weighted by Crippen LogP contribution is -2.61. The fourth-order valence-electron chi connectivity index (χ4n) is 12.1. The van der Waals surface area contributed by atoms with Gasteiger partial charge in [0.2, 0.25) is 5.91 Å². The number of nitrogens with one attached hydrogen (secondary N) is 1. The van der Waals surface area contributed by atoms with Gasteiger partial charge >= 0.3 is 11.9 Å². The largest absolute Gasteiger partial charge is 0.459 e. The molecule has 19 nitrogen and oxygen atoms in total. The van der Waals surface area contributed by atoms with Crippen LogP contribution in [0.25, 0.3) is 0 Å². The zero-order valence-electron chi connectivity index (χ0n) is 46.5. The van der Waals surface area contributed by atoms with Crippen LogP contribution >= 0.6 is 0 Å². The molecule has 0 unspecified atom stereocenters. The maximum Gasteiger partial charge on any atom is 0.311 e. The molecule has 1 amide bonds. The van der Waals surface area contributed by atoms with Crippen LogP contribution in [0.15, 0.2) is 0 Å². The molecular formula is C53H97N5O14. The highest BCUT2D eigenvalue weighted by molar-refractivity contribution is 5.78. The lowest BCUT2D eigenvalue weighted by atomic mass is 9.77. The first-order chi connectivity index (χ1) is 33.9. The first-order valence-corrected chi connectivity index (χ1v) is 27.2. The molecule has 5 fully saturated rings. The Labute approximate surface area is 431 Å². The van der Waals surface area contributed by atoms with Gasteiger partial charge < -0.3 is 78.1 Å². The van der Waals surface area contributed by atoms with Crippen LogP contribution in [0.4, 0.5) is 0 Å².